The molecule has 2 aliphatic rings. The Kier molecular flexibility index (Phi) is 3.36. The lowest BCUT2D eigenvalue weighted by Crippen LogP contribution is -2.52. The molecule has 2 rings (SSSR count). The Labute approximate surface area is 102 Å². The standard InChI is InChI=1S/C15H29N/c1-5-13-10-14(2,3)12-15(4,11-13)16-8-6-7-9-16/h13H,5-12H2,1-4H3/t13-,15-/m1/s1. The maximum atomic E-state index is 2.79. The van der Waals surface area contributed by atoms with Crippen molar-refractivity contribution in [1.29, 1.82) is 0 Å². The first kappa shape index (κ1) is 12.4. The van der Waals surface area contributed by atoms with Crippen LogP contribution in [0.15, 0.2) is 0 Å². The van der Waals surface area contributed by atoms with Gasteiger partial charge in [-0.1, -0.05) is 27.2 Å². The summed E-state index contributed by atoms with van der Waals surface area (Å²) in [4.78, 5) is 2.79. The van der Waals surface area contributed by atoms with E-state index in [1.165, 1.54) is 51.6 Å². The molecule has 0 N–H and O–H groups in total. The maximum Gasteiger partial charge on any atom is 0.0189 e. The number of likely N-dealkylation sites (tertiary alicyclic amines) is 1. The molecule has 1 heterocycles. The van der Waals surface area contributed by atoms with Crippen LogP contribution >= 0.6 is 0 Å². The van der Waals surface area contributed by atoms with Crippen LogP contribution in [-0.4, -0.2) is 23.5 Å². The first-order valence-corrected chi connectivity index (χ1v) is 7.20. The van der Waals surface area contributed by atoms with E-state index in [4.69, 9.17) is 0 Å². The smallest absolute Gasteiger partial charge is 0.0189 e. The van der Waals surface area contributed by atoms with Gasteiger partial charge in [-0.3, -0.25) is 4.90 Å². The van der Waals surface area contributed by atoms with Crippen LogP contribution in [0.4, 0.5) is 0 Å². The van der Waals surface area contributed by atoms with E-state index in [0.29, 0.717) is 11.0 Å². The molecule has 0 unspecified atom stereocenters. The minimum Gasteiger partial charge on any atom is -0.298 e. The molecule has 0 aromatic rings. The van der Waals surface area contributed by atoms with Gasteiger partial charge in [0.15, 0.2) is 0 Å². The molecule has 0 aromatic carbocycles. The fourth-order valence-electron chi connectivity index (χ4n) is 4.44. The first-order valence-electron chi connectivity index (χ1n) is 7.20. The van der Waals surface area contributed by atoms with E-state index in [-0.39, 0.29) is 0 Å². The number of nitrogens with zero attached hydrogens (tertiary/aromatic N) is 1. The number of rotatable bonds is 2. The SMILES string of the molecule is CC[C@@H]1CC(C)(C)C[C@](C)(N2CCCC2)C1. The highest BCUT2D eigenvalue weighted by atomic mass is 15.2. The van der Waals surface area contributed by atoms with Gasteiger partial charge in [0.1, 0.15) is 0 Å². The van der Waals surface area contributed by atoms with Gasteiger partial charge < -0.3 is 0 Å². The van der Waals surface area contributed by atoms with Gasteiger partial charge in [0.05, 0.1) is 0 Å². The Morgan fingerprint density at radius 1 is 1.06 bits per heavy atom. The highest BCUT2D eigenvalue weighted by Crippen LogP contribution is 2.48. The van der Waals surface area contributed by atoms with E-state index in [0.717, 1.165) is 5.92 Å². The molecule has 2 atom stereocenters. The van der Waals surface area contributed by atoms with Crippen molar-refractivity contribution in [2.75, 3.05) is 13.1 Å². The molecule has 0 radical (unpaired) electrons. The van der Waals surface area contributed by atoms with Gasteiger partial charge in [-0.05, 0) is 63.5 Å². The van der Waals surface area contributed by atoms with Crippen LogP contribution in [0.25, 0.3) is 0 Å². The lowest BCUT2D eigenvalue weighted by atomic mass is 9.63. The molecule has 94 valence electrons. The van der Waals surface area contributed by atoms with Crippen molar-refractivity contribution >= 4 is 0 Å². The van der Waals surface area contributed by atoms with E-state index >= 15 is 0 Å². The highest BCUT2D eigenvalue weighted by Gasteiger charge is 2.44. The Morgan fingerprint density at radius 2 is 1.69 bits per heavy atom. The second-order valence-electron chi connectivity index (χ2n) is 7.21. The van der Waals surface area contributed by atoms with Crippen LogP contribution in [0.2, 0.25) is 0 Å². The molecule has 1 heteroatoms. The Balaban J connectivity index is 2.12. The fourth-order valence-corrected chi connectivity index (χ4v) is 4.44. The average molecular weight is 223 g/mol. The van der Waals surface area contributed by atoms with E-state index in [1.54, 1.807) is 0 Å². The lowest BCUT2D eigenvalue weighted by Gasteiger charge is -2.51. The Morgan fingerprint density at radius 3 is 2.25 bits per heavy atom. The largest absolute Gasteiger partial charge is 0.298 e. The van der Waals surface area contributed by atoms with Crippen LogP contribution in [0.3, 0.4) is 0 Å². The van der Waals surface area contributed by atoms with Gasteiger partial charge in [0.25, 0.3) is 0 Å². The van der Waals surface area contributed by atoms with Crippen LogP contribution in [0.5, 0.6) is 0 Å². The van der Waals surface area contributed by atoms with Gasteiger partial charge in [0, 0.05) is 5.54 Å². The molecule has 0 spiro atoms. The fraction of sp³-hybridized carbons (Fsp3) is 1.00. The monoisotopic (exact) mass is 223 g/mol. The summed E-state index contributed by atoms with van der Waals surface area (Å²) in [7, 11) is 0. The van der Waals surface area contributed by atoms with Gasteiger partial charge in [0.2, 0.25) is 0 Å². The van der Waals surface area contributed by atoms with Crippen molar-refractivity contribution in [1.82, 2.24) is 4.90 Å². The van der Waals surface area contributed by atoms with Gasteiger partial charge in [-0.2, -0.15) is 0 Å². The predicted molar refractivity (Wildman–Crippen MR) is 70.6 cm³/mol. The number of hydrogen-bond acceptors (Lipinski definition) is 1. The molecule has 16 heavy (non-hydrogen) atoms. The lowest BCUT2D eigenvalue weighted by molar-refractivity contribution is 0.00335. The molecule has 0 amide bonds. The second-order valence-corrected chi connectivity index (χ2v) is 7.21. The van der Waals surface area contributed by atoms with Crippen molar-refractivity contribution in [2.45, 2.75) is 71.8 Å². The van der Waals surface area contributed by atoms with Gasteiger partial charge >= 0.3 is 0 Å². The highest BCUT2D eigenvalue weighted by molar-refractivity contribution is 4.99. The van der Waals surface area contributed by atoms with Crippen molar-refractivity contribution in [3.05, 3.63) is 0 Å². The molecule has 2 fully saturated rings. The first-order chi connectivity index (χ1) is 7.45. The molecular weight excluding hydrogens is 194 g/mol. The summed E-state index contributed by atoms with van der Waals surface area (Å²) in [5, 5.41) is 0. The molecule has 1 saturated carbocycles. The summed E-state index contributed by atoms with van der Waals surface area (Å²) in [6.45, 7) is 12.6. The zero-order valence-electron chi connectivity index (χ0n) is 11.7. The summed E-state index contributed by atoms with van der Waals surface area (Å²) < 4.78 is 0. The summed E-state index contributed by atoms with van der Waals surface area (Å²) in [5.41, 5.74) is 1.05. The van der Waals surface area contributed by atoms with Crippen LogP contribution < -0.4 is 0 Å². The van der Waals surface area contributed by atoms with Crippen molar-refractivity contribution < 1.29 is 0 Å². The summed E-state index contributed by atoms with van der Waals surface area (Å²) in [5.74, 6) is 0.953. The van der Waals surface area contributed by atoms with E-state index in [9.17, 15) is 0 Å². The third kappa shape index (κ3) is 2.45. The molecule has 1 aliphatic carbocycles. The van der Waals surface area contributed by atoms with Crippen LogP contribution in [-0.2, 0) is 0 Å². The van der Waals surface area contributed by atoms with Crippen LogP contribution in [0, 0.1) is 11.3 Å². The van der Waals surface area contributed by atoms with Crippen molar-refractivity contribution in [3.63, 3.8) is 0 Å². The minimum atomic E-state index is 0.499. The molecule has 1 saturated heterocycles. The van der Waals surface area contributed by atoms with E-state index < -0.39 is 0 Å². The minimum absolute atomic E-state index is 0.499. The molecular formula is C15H29N. The normalized spacial score (nSPS) is 40.1. The van der Waals surface area contributed by atoms with Crippen molar-refractivity contribution in [3.8, 4) is 0 Å². The van der Waals surface area contributed by atoms with E-state index in [2.05, 4.69) is 32.6 Å². The molecule has 0 bridgehead atoms. The summed E-state index contributed by atoms with van der Waals surface area (Å²) >= 11 is 0. The molecule has 1 nitrogen and oxygen atoms in total. The molecule has 1 aliphatic heterocycles. The number of hydrogen-bond donors (Lipinski definition) is 0. The second kappa shape index (κ2) is 4.33. The zero-order valence-corrected chi connectivity index (χ0v) is 11.7. The summed E-state index contributed by atoms with van der Waals surface area (Å²) in [6.07, 6.45) is 8.49. The van der Waals surface area contributed by atoms with Gasteiger partial charge in [-0.25, -0.2) is 0 Å². The maximum absolute atomic E-state index is 2.79. The third-order valence-corrected chi connectivity index (χ3v) is 4.88. The quantitative estimate of drug-likeness (QED) is 0.682. The van der Waals surface area contributed by atoms with Crippen LogP contribution in [0.1, 0.15) is 66.2 Å². The van der Waals surface area contributed by atoms with Crippen molar-refractivity contribution in [2.24, 2.45) is 11.3 Å². The Bertz CT molecular complexity index is 240. The van der Waals surface area contributed by atoms with E-state index in [1.807, 2.05) is 0 Å². The summed E-state index contributed by atoms with van der Waals surface area (Å²) in [6, 6.07) is 0. The average Bonchev–Trinajstić information content (AvgIpc) is 2.67. The molecule has 0 aromatic heterocycles. The predicted octanol–water partition coefficient (Wildman–Crippen LogP) is 4.08. The zero-order chi connectivity index (χ0) is 11.8. The van der Waals surface area contributed by atoms with Gasteiger partial charge in [-0.15, -0.1) is 0 Å². The third-order valence-electron chi connectivity index (χ3n) is 4.88. The topological polar surface area (TPSA) is 3.24 Å². The Hall–Kier alpha value is -0.0400.